The third kappa shape index (κ3) is 4.49. The van der Waals surface area contributed by atoms with Crippen molar-refractivity contribution in [3.05, 3.63) is 163 Å². The van der Waals surface area contributed by atoms with Crippen LogP contribution in [0.2, 0.25) is 0 Å². The quantitative estimate of drug-likeness (QED) is 0.173. The van der Waals surface area contributed by atoms with E-state index >= 15 is 0 Å². The summed E-state index contributed by atoms with van der Waals surface area (Å²) in [6.07, 6.45) is 8.17. The standard InChI is InChI=1S/C46H31NS/c1-3-11-42-36(4-2)40-24-25-47-45(46(40)48-42)35-22-23-39-41(28-35)44(34-21-19-30-13-6-8-15-32(30)27-34)38-17-10-9-16-37(38)43(39)33-20-18-29-12-5-7-14-31(29)26-33/h3-28H,2H2,1H3/b11-3-. The SMILES string of the molecule is C=Cc1c(/C=C\C)sc2c(-c3ccc4c(-c5ccc6ccccc6c5)c5ccccc5c(-c5ccc6ccccc6c5)c4c3)nccc12. The second-order valence-electron chi connectivity index (χ2n) is 12.3. The van der Waals surface area contributed by atoms with E-state index in [1.165, 1.54) is 85.9 Å². The number of fused-ring (bicyclic) bond motifs is 5. The zero-order valence-corrected chi connectivity index (χ0v) is 27.4. The minimum atomic E-state index is 1.00. The summed E-state index contributed by atoms with van der Waals surface area (Å²) in [4.78, 5) is 6.21. The smallest absolute Gasteiger partial charge is 0.0880 e. The Morgan fingerprint density at radius 1 is 0.542 bits per heavy atom. The number of rotatable bonds is 5. The highest BCUT2D eigenvalue weighted by Gasteiger charge is 2.20. The molecule has 0 saturated carbocycles. The largest absolute Gasteiger partial charge is 0.255 e. The molecule has 0 N–H and O–H groups in total. The van der Waals surface area contributed by atoms with E-state index in [9.17, 15) is 0 Å². The van der Waals surface area contributed by atoms with E-state index in [2.05, 4.69) is 159 Å². The molecule has 0 atom stereocenters. The molecule has 1 nitrogen and oxygen atoms in total. The topological polar surface area (TPSA) is 12.9 Å². The summed E-state index contributed by atoms with van der Waals surface area (Å²) in [6.45, 7) is 6.21. The molecule has 0 unspecified atom stereocenters. The van der Waals surface area contributed by atoms with E-state index in [1.807, 2.05) is 12.3 Å². The molecule has 2 heteroatoms. The fourth-order valence-corrected chi connectivity index (χ4v) is 8.67. The summed E-state index contributed by atoms with van der Waals surface area (Å²) in [7, 11) is 0. The molecule has 0 fully saturated rings. The van der Waals surface area contributed by atoms with Gasteiger partial charge in [0, 0.05) is 22.0 Å². The minimum Gasteiger partial charge on any atom is -0.255 e. The van der Waals surface area contributed by atoms with Crippen LogP contribution in [0.25, 0.3) is 98.8 Å². The molecule has 0 aliphatic rings. The molecule has 226 valence electrons. The number of thiophene rings is 1. The van der Waals surface area contributed by atoms with Crippen LogP contribution in [-0.4, -0.2) is 4.98 Å². The summed E-state index contributed by atoms with van der Waals surface area (Å²) in [5, 5.41) is 11.1. The summed E-state index contributed by atoms with van der Waals surface area (Å²) in [5.41, 5.74) is 8.22. The zero-order chi connectivity index (χ0) is 32.2. The average molecular weight is 630 g/mol. The van der Waals surface area contributed by atoms with Gasteiger partial charge in [-0.25, -0.2) is 0 Å². The first-order valence-electron chi connectivity index (χ1n) is 16.4. The highest BCUT2D eigenvalue weighted by molar-refractivity contribution is 7.20. The molecule has 0 aliphatic heterocycles. The molecule has 7 aromatic carbocycles. The van der Waals surface area contributed by atoms with Crippen LogP contribution in [0.15, 0.2) is 152 Å². The van der Waals surface area contributed by atoms with Crippen LogP contribution in [0.5, 0.6) is 0 Å². The fraction of sp³-hybridized carbons (Fsp3) is 0.0217. The Morgan fingerprint density at radius 3 is 1.73 bits per heavy atom. The minimum absolute atomic E-state index is 1.00. The fourth-order valence-electron chi connectivity index (χ4n) is 7.39. The van der Waals surface area contributed by atoms with Gasteiger partial charge in [-0.3, -0.25) is 4.98 Å². The van der Waals surface area contributed by atoms with Crippen molar-refractivity contribution in [1.82, 2.24) is 4.98 Å². The van der Waals surface area contributed by atoms with Gasteiger partial charge in [0.05, 0.1) is 10.4 Å². The first kappa shape index (κ1) is 28.4. The average Bonchev–Trinajstić information content (AvgIpc) is 3.50. The monoisotopic (exact) mass is 629 g/mol. The number of allylic oxidation sites excluding steroid dienone is 1. The van der Waals surface area contributed by atoms with Crippen LogP contribution in [0.4, 0.5) is 0 Å². The highest BCUT2D eigenvalue weighted by atomic mass is 32.1. The van der Waals surface area contributed by atoms with E-state index in [-0.39, 0.29) is 0 Å². The first-order valence-corrected chi connectivity index (χ1v) is 17.2. The lowest BCUT2D eigenvalue weighted by molar-refractivity contribution is 1.37. The van der Waals surface area contributed by atoms with Crippen molar-refractivity contribution < 1.29 is 0 Å². The Kier molecular flexibility index (Phi) is 6.77. The van der Waals surface area contributed by atoms with E-state index in [0.717, 1.165) is 11.3 Å². The predicted molar refractivity (Wildman–Crippen MR) is 211 cm³/mol. The van der Waals surface area contributed by atoms with Gasteiger partial charge in [0.25, 0.3) is 0 Å². The van der Waals surface area contributed by atoms with Crippen LogP contribution in [0, 0.1) is 0 Å². The third-order valence-electron chi connectivity index (χ3n) is 9.57. The molecular weight excluding hydrogens is 599 g/mol. The molecule has 2 aromatic heterocycles. The molecule has 0 spiro atoms. The predicted octanol–water partition coefficient (Wildman–Crippen LogP) is 13.6. The number of nitrogens with zero attached hydrogens (tertiary/aromatic N) is 1. The Hall–Kier alpha value is -5.83. The van der Waals surface area contributed by atoms with Gasteiger partial charge in [-0.2, -0.15) is 0 Å². The molecule has 0 saturated heterocycles. The van der Waals surface area contributed by atoms with Gasteiger partial charge in [-0.05, 0) is 108 Å². The maximum absolute atomic E-state index is 5.01. The maximum atomic E-state index is 5.01. The van der Waals surface area contributed by atoms with Crippen molar-refractivity contribution in [3.8, 4) is 33.5 Å². The second-order valence-corrected chi connectivity index (χ2v) is 13.4. The van der Waals surface area contributed by atoms with E-state index in [0.29, 0.717) is 0 Å². The molecule has 0 aliphatic carbocycles. The van der Waals surface area contributed by atoms with E-state index < -0.39 is 0 Å². The number of hydrogen-bond donors (Lipinski definition) is 0. The van der Waals surface area contributed by atoms with Gasteiger partial charge in [0.2, 0.25) is 0 Å². The summed E-state index contributed by atoms with van der Waals surface area (Å²) in [5.74, 6) is 0. The first-order chi connectivity index (χ1) is 23.7. The molecular formula is C46H31NS. The molecule has 0 radical (unpaired) electrons. The van der Waals surface area contributed by atoms with Crippen LogP contribution in [-0.2, 0) is 0 Å². The Morgan fingerprint density at radius 2 is 1.10 bits per heavy atom. The molecule has 2 heterocycles. The third-order valence-corrected chi connectivity index (χ3v) is 10.8. The molecule has 9 rings (SSSR count). The molecule has 0 bridgehead atoms. The lowest BCUT2D eigenvalue weighted by atomic mass is 9.84. The van der Waals surface area contributed by atoms with Gasteiger partial charge >= 0.3 is 0 Å². The summed E-state index contributed by atoms with van der Waals surface area (Å²) in [6, 6.07) is 49.0. The van der Waals surface area contributed by atoms with Gasteiger partial charge in [0.15, 0.2) is 0 Å². The Balaban J connectivity index is 1.40. The van der Waals surface area contributed by atoms with Crippen molar-refractivity contribution >= 4 is 76.7 Å². The molecule has 48 heavy (non-hydrogen) atoms. The maximum Gasteiger partial charge on any atom is 0.0880 e. The van der Waals surface area contributed by atoms with Gasteiger partial charge in [-0.1, -0.05) is 128 Å². The van der Waals surface area contributed by atoms with Crippen molar-refractivity contribution in [3.63, 3.8) is 0 Å². The van der Waals surface area contributed by atoms with Crippen molar-refractivity contribution in [2.75, 3.05) is 0 Å². The van der Waals surface area contributed by atoms with Crippen LogP contribution in [0.3, 0.4) is 0 Å². The molecule has 9 aromatic rings. The van der Waals surface area contributed by atoms with Crippen molar-refractivity contribution in [1.29, 1.82) is 0 Å². The Bertz CT molecular complexity index is 2760. The number of benzene rings is 7. The van der Waals surface area contributed by atoms with Gasteiger partial charge < -0.3 is 0 Å². The van der Waals surface area contributed by atoms with Crippen molar-refractivity contribution in [2.45, 2.75) is 6.92 Å². The van der Waals surface area contributed by atoms with Crippen LogP contribution >= 0.6 is 11.3 Å². The number of pyridine rings is 1. The van der Waals surface area contributed by atoms with E-state index in [4.69, 9.17) is 4.98 Å². The summed E-state index contributed by atoms with van der Waals surface area (Å²) < 4.78 is 1.18. The second kappa shape index (κ2) is 11.5. The lowest BCUT2D eigenvalue weighted by Crippen LogP contribution is -1.92. The van der Waals surface area contributed by atoms with Crippen molar-refractivity contribution in [2.24, 2.45) is 0 Å². The summed E-state index contributed by atoms with van der Waals surface area (Å²) >= 11 is 1.79. The highest BCUT2D eigenvalue weighted by Crippen LogP contribution is 2.46. The molecule has 0 amide bonds. The number of hydrogen-bond acceptors (Lipinski definition) is 2. The van der Waals surface area contributed by atoms with Gasteiger partial charge in [-0.15, -0.1) is 11.3 Å². The Labute approximate surface area is 283 Å². The zero-order valence-electron chi connectivity index (χ0n) is 26.6. The lowest BCUT2D eigenvalue weighted by Gasteiger charge is -2.19. The van der Waals surface area contributed by atoms with Crippen LogP contribution < -0.4 is 0 Å². The number of aromatic nitrogens is 1. The van der Waals surface area contributed by atoms with Gasteiger partial charge in [0.1, 0.15) is 0 Å². The normalized spacial score (nSPS) is 11.9. The van der Waals surface area contributed by atoms with E-state index in [1.54, 1.807) is 11.3 Å². The van der Waals surface area contributed by atoms with Crippen LogP contribution in [0.1, 0.15) is 17.4 Å².